The summed E-state index contributed by atoms with van der Waals surface area (Å²) in [5.74, 6) is 0.907. The van der Waals surface area contributed by atoms with E-state index in [1.165, 1.54) is 24.3 Å². The van der Waals surface area contributed by atoms with Crippen LogP contribution in [0, 0.1) is 5.82 Å². The van der Waals surface area contributed by atoms with Gasteiger partial charge in [-0.3, -0.25) is 4.79 Å². The van der Waals surface area contributed by atoms with Crippen molar-refractivity contribution in [1.29, 1.82) is 0 Å². The summed E-state index contributed by atoms with van der Waals surface area (Å²) in [4.78, 5) is 19.2. The van der Waals surface area contributed by atoms with E-state index in [4.69, 9.17) is 0 Å². The maximum Gasteiger partial charge on any atom is 0.254 e. The van der Waals surface area contributed by atoms with Crippen molar-refractivity contribution in [2.24, 2.45) is 0 Å². The van der Waals surface area contributed by atoms with E-state index in [2.05, 4.69) is 15.2 Å². The van der Waals surface area contributed by atoms with Crippen molar-refractivity contribution >= 4 is 11.6 Å². The summed E-state index contributed by atoms with van der Waals surface area (Å²) >= 11 is 0. The maximum atomic E-state index is 13.2. The third-order valence-corrected chi connectivity index (χ3v) is 5.13. The number of rotatable bonds is 2. The molecule has 0 N–H and O–H groups in total. The van der Waals surface area contributed by atoms with Crippen molar-refractivity contribution in [3.05, 3.63) is 72.1 Å². The number of aromatic nitrogens is 5. The Labute approximate surface area is 160 Å². The number of imidazole rings is 1. The van der Waals surface area contributed by atoms with E-state index >= 15 is 0 Å². The fourth-order valence-electron chi connectivity index (χ4n) is 3.65. The van der Waals surface area contributed by atoms with Crippen LogP contribution in [-0.4, -0.2) is 41.5 Å². The molecule has 3 aromatic heterocycles. The molecule has 0 saturated heterocycles. The van der Waals surface area contributed by atoms with E-state index < -0.39 is 0 Å². The van der Waals surface area contributed by atoms with Crippen LogP contribution in [0.4, 0.5) is 4.39 Å². The lowest BCUT2D eigenvalue weighted by molar-refractivity contribution is 0.0638. The molecular formula is C20H17FN6O. The fourth-order valence-corrected chi connectivity index (χ4v) is 3.65. The van der Waals surface area contributed by atoms with Gasteiger partial charge in [-0.05, 0) is 43.3 Å². The van der Waals surface area contributed by atoms with E-state index in [-0.39, 0.29) is 17.8 Å². The average Bonchev–Trinajstić information content (AvgIpc) is 3.32. The van der Waals surface area contributed by atoms with Gasteiger partial charge in [0.1, 0.15) is 17.2 Å². The standard InChI is InChI=1S/C20H17FN6O/c1-13-18-23-24-19(16-12-25-9-3-2-4-17(25)22-16)27(18)11-10-26(13)20(28)14-5-7-15(21)8-6-14/h2-9,12-13H,10-11H2,1H3. The van der Waals surface area contributed by atoms with Gasteiger partial charge in [0.25, 0.3) is 5.91 Å². The largest absolute Gasteiger partial charge is 0.327 e. The number of hydrogen-bond acceptors (Lipinski definition) is 4. The second kappa shape index (κ2) is 6.26. The summed E-state index contributed by atoms with van der Waals surface area (Å²) in [5, 5.41) is 8.68. The van der Waals surface area contributed by atoms with Crippen LogP contribution in [0.1, 0.15) is 29.1 Å². The highest BCUT2D eigenvalue weighted by molar-refractivity contribution is 5.94. The number of pyridine rings is 1. The summed E-state index contributed by atoms with van der Waals surface area (Å²) in [6.45, 7) is 3.01. The van der Waals surface area contributed by atoms with E-state index in [0.717, 1.165) is 11.3 Å². The van der Waals surface area contributed by atoms with E-state index in [1.54, 1.807) is 4.90 Å². The summed E-state index contributed by atoms with van der Waals surface area (Å²) in [6, 6.07) is 11.2. The smallest absolute Gasteiger partial charge is 0.254 e. The second-order valence-electron chi connectivity index (χ2n) is 6.81. The first-order valence-electron chi connectivity index (χ1n) is 9.05. The van der Waals surface area contributed by atoms with Gasteiger partial charge in [0.15, 0.2) is 11.6 Å². The number of nitrogens with zero attached hydrogens (tertiary/aromatic N) is 6. The molecule has 4 heterocycles. The van der Waals surface area contributed by atoms with Gasteiger partial charge in [-0.15, -0.1) is 10.2 Å². The molecule has 1 aliphatic rings. The van der Waals surface area contributed by atoms with E-state index in [9.17, 15) is 9.18 Å². The molecule has 1 amide bonds. The topological polar surface area (TPSA) is 68.3 Å². The zero-order valence-corrected chi connectivity index (χ0v) is 15.2. The molecule has 0 aliphatic carbocycles. The Balaban J connectivity index is 1.47. The number of carbonyl (C=O) groups excluding carboxylic acids is 1. The molecule has 8 heteroatoms. The van der Waals surface area contributed by atoms with Gasteiger partial charge in [-0.2, -0.15) is 0 Å². The molecule has 1 atom stereocenters. The number of benzene rings is 1. The van der Waals surface area contributed by atoms with Crippen molar-refractivity contribution in [3.8, 4) is 11.5 Å². The lowest BCUT2D eigenvalue weighted by atomic mass is 10.1. The van der Waals surface area contributed by atoms with Crippen LogP contribution >= 0.6 is 0 Å². The molecule has 140 valence electrons. The molecule has 0 fully saturated rings. The molecule has 7 nitrogen and oxygen atoms in total. The van der Waals surface area contributed by atoms with Gasteiger partial charge < -0.3 is 13.9 Å². The monoisotopic (exact) mass is 376 g/mol. The Morgan fingerprint density at radius 2 is 1.93 bits per heavy atom. The lowest BCUT2D eigenvalue weighted by Crippen LogP contribution is -2.41. The highest BCUT2D eigenvalue weighted by Gasteiger charge is 2.32. The van der Waals surface area contributed by atoms with Crippen LogP contribution in [0.3, 0.4) is 0 Å². The predicted molar refractivity (Wildman–Crippen MR) is 100 cm³/mol. The average molecular weight is 376 g/mol. The van der Waals surface area contributed by atoms with Gasteiger partial charge in [0.05, 0.1) is 6.04 Å². The zero-order chi connectivity index (χ0) is 19.3. The van der Waals surface area contributed by atoms with Gasteiger partial charge in [0.2, 0.25) is 0 Å². The quantitative estimate of drug-likeness (QED) is 0.539. The van der Waals surface area contributed by atoms with Gasteiger partial charge >= 0.3 is 0 Å². The highest BCUT2D eigenvalue weighted by atomic mass is 19.1. The Morgan fingerprint density at radius 3 is 2.71 bits per heavy atom. The van der Waals surface area contributed by atoms with Gasteiger partial charge in [-0.1, -0.05) is 6.07 Å². The van der Waals surface area contributed by atoms with Crippen LogP contribution in [-0.2, 0) is 6.54 Å². The molecule has 0 saturated carbocycles. The number of carbonyl (C=O) groups is 1. The van der Waals surface area contributed by atoms with E-state index in [0.29, 0.717) is 30.3 Å². The Bertz CT molecular complexity index is 1150. The first kappa shape index (κ1) is 16.6. The summed E-state index contributed by atoms with van der Waals surface area (Å²) in [5.41, 5.74) is 2.05. The van der Waals surface area contributed by atoms with Crippen molar-refractivity contribution in [2.45, 2.75) is 19.5 Å². The first-order chi connectivity index (χ1) is 13.6. The molecule has 0 radical (unpaired) electrons. The molecule has 28 heavy (non-hydrogen) atoms. The predicted octanol–water partition coefficient (Wildman–Crippen LogP) is 2.95. The van der Waals surface area contributed by atoms with Crippen LogP contribution in [0.15, 0.2) is 54.9 Å². The zero-order valence-electron chi connectivity index (χ0n) is 15.2. The van der Waals surface area contributed by atoms with Gasteiger partial charge in [-0.25, -0.2) is 9.37 Å². The number of halogens is 1. The summed E-state index contributed by atoms with van der Waals surface area (Å²) in [6.07, 6.45) is 3.86. The van der Waals surface area contributed by atoms with Gasteiger partial charge in [0, 0.05) is 31.0 Å². The van der Waals surface area contributed by atoms with Crippen LogP contribution < -0.4 is 0 Å². The SMILES string of the molecule is CC1c2nnc(-c3cn4ccccc4n3)n2CCN1C(=O)c1ccc(F)cc1. The van der Waals surface area contributed by atoms with Crippen molar-refractivity contribution in [2.75, 3.05) is 6.54 Å². The first-order valence-corrected chi connectivity index (χ1v) is 9.05. The Hall–Kier alpha value is -3.55. The van der Waals surface area contributed by atoms with Crippen molar-refractivity contribution in [1.82, 2.24) is 29.0 Å². The Morgan fingerprint density at radius 1 is 1.11 bits per heavy atom. The minimum Gasteiger partial charge on any atom is -0.327 e. The van der Waals surface area contributed by atoms with Crippen molar-refractivity contribution < 1.29 is 9.18 Å². The van der Waals surface area contributed by atoms with Crippen LogP contribution in [0.5, 0.6) is 0 Å². The lowest BCUT2D eigenvalue weighted by Gasteiger charge is -2.33. The number of fused-ring (bicyclic) bond motifs is 2. The van der Waals surface area contributed by atoms with E-state index in [1.807, 2.05) is 46.5 Å². The number of hydrogen-bond donors (Lipinski definition) is 0. The minimum absolute atomic E-state index is 0.143. The highest BCUT2D eigenvalue weighted by Crippen LogP contribution is 2.29. The molecule has 1 aromatic carbocycles. The maximum absolute atomic E-state index is 13.2. The molecule has 5 rings (SSSR count). The third kappa shape index (κ3) is 2.57. The molecule has 1 unspecified atom stereocenters. The molecule has 1 aliphatic heterocycles. The number of amides is 1. The second-order valence-corrected chi connectivity index (χ2v) is 6.81. The third-order valence-electron chi connectivity index (χ3n) is 5.13. The van der Waals surface area contributed by atoms with Crippen LogP contribution in [0.25, 0.3) is 17.2 Å². The normalized spacial score (nSPS) is 16.4. The molecular weight excluding hydrogens is 359 g/mol. The Kier molecular flexibility index (Phi) is 3.71. The summed E-state index contributed by atoms with van der Waals surface area (Å²) in [7, 11) is 0. The summed E-state index contributed by atoms with van der Waals surface area (Å²) < 4.78 is 17.1. The van der Waals surface area contributed by atoms with Crippen molar-refractivity contribution in [3.63, 3.8) is 0 Å². The van der Waals surface area contributed by atoms with Crippen LogP contribution in [0.2, 0.25) is 0 Å². The molecule has 0 bridgehead atoms. The molecule has 4 aromatic rings. The fraction of sp³-hybridized carbons (Fsp3) is 0.200. The molecule has 0 spiro atoms. The minimum atomic E-state index is -0.361.